The Kier molecular flexibility index (Phi) is 4.47. The van der Waals surface area contributed by atoms with E-state index in [2.05, 4.69) is 0 Å². The minimum absolute atomic E-state index is 0.0749. The van der Waals surface area contributed by atoms with Crippen LogP contribution in [0, 0.1) is 10.1 Å². The van der Waals surface area contributed by atoms with Crippen LogP contribution in [0.1, 0.15) is 31.1 Å². The van der Waals surface area contributed by atoms with Gasteiger partial charge in [-0.3, -0.25) is 19.7 Å². The second-order valence-corrected chi connectivity index (χ2v) is 6.34. The lowest BCUT2D eigenvalue weighted by Gasteiger charge is -2.14. The number of nitrogens with zero attached hydrogens (tertiary/aromatic N) is 2. The summed E-state index contributed by atoms with van der Waals surface area (Å²) in [5.74, 6) is -1.88. The van der Waals surface area contributed by atoms with Crippen LogP contribution >= 0.6 is 0 Å². The van der Waals surface area contributed by atoms with Crippen molar-refractivity contribution in [3.8, 4) is 11.5 Å². The standard InChI is InChI=1S/C21H12N2O7/c24-19-17-10-9-16(30-15-7-5-14(6-8-15)23(28)29)11-18(17)20(25)22(19)13-3-1-12(2-4-13)21(26)27/h1-11H,(H,26,27)/p-1. The fourth-order valence-electron chi connectivity index (χ4n) is 3.04. The van der Waals surface area contributed by atoms with Gasteiger partial charge in [0.05, 0.1) is 27.7 Å². The number of anilines is 1. The average Bonchev–Trinajstić information content (AvgIpc) is 2.98. The summed E-state index contributed by atoms with van der Waals surface area (Å²) in [5, 5.41) is 21.6. The Bertz CT molecular complexity index is 1200. The lowest BCUT2D eigenvalue weighted by molar-refractivity contribution is -0.384. The Hall–Kier alpha value is -4.53. The zero-order valence-electron chi connectivity index (χ0n) is 15.1. The van der Waals surface area contributed by atoms with Gasteiger partial charge in [-0.1, -0.05) is 12.1 Å². The molecule has 3 aromatic rings. The van der Waals surface area contributed by atoms with E-state index in [4.69, 9.17) is 4.74 Å². The van der Waals surface area contributed by atoms with Crippen LogP contribution in [0.4, 0.5) is 11.4 Å². The monoisotopic (exact) mass is 403 g/mol. The topological polar surface area (TPSA) is 130 Å². The molecule has 0 atom stereocenters. The summed E-state index contributed by atoms with van der Waals surface area (Å²) in [6.45, 7) is 0. The molecule has 0 saturated heterocycles. The third-order valence-electron chi connectivity index (χ3n) is 4.50. The number of ether oxygens (including phenoxy) is 1. The molecule has 0 radical (unpaired) electrons. The fourth-order valence-corrected chi connectivity index (χ4v) is 3.04. The van der Waals surface area contributed by atoms with Gasteiger partial charge in [0.1, 0.15) is 11.5 Å². The fraction of sp³-hybridized carbons (Fsp3) is 0. The van der Waals surface area contributed by atoms with E-state index in [1.165, 1.54) is 66.7 Å². The Morgan fingerprint density at radius 3 is 2.03 bits per heavy atom. The molecule has 1 heterocycles. The van der Waals surface area contributed by atoms with Crippen molar-refractivity contribution in [1.82, 2.24) is 0 Å². The first-order valence-corrected chi connectivity index (χ1v) is 8.62. The van der Waals surface area contributed by atoms with Gasteiger partial charge in [-0.2, -0.15) is 0 Å². The summed E-state index contributed by atoms with van der Waals surface area (Å²) in [6, 6.07) is 15.0. The Morgan fingerprint density at radius 1 is 0.833 bits per heavy atom. The molecule has 1 aliphatic rings. The number of carbonyl (C=O) groups excluding carboxylic acids is 3. The van der Waals surface area contributed by atoms with Crippen LogP contribution in [0.15, 0.2) is 66.7 Å². The molecule has 30 heavy (non-hydrogen) atoms. The van der Waals surface area contributed by atoms with E-state index in [9.17, 15) is 29.6 Å². The molecule has 3 aromatic carbocycles. The number of benzene rings is 3. The SMILES string of the molecule is O=C([O-])c1ccc(N2C(=O)c3ccc(Oc4ccc([N+](=O)[O-])cc4)cc3C2=O)cc1. The maximum absolute atomic E-state index is 12.8. The average molecular weight is 403 g/mol. The molecule has 9 heteroatoms. The Balaban J connectivity index is 1.60. The van der Waals surface area contributed by atoms with Gasteiger partial charge in [0.2, 0.25) is 0 Å². The van der Waals surface area contributed by atoms with Gasteiger partial charge in [-0.05, 0) is 48.0 Å². The maximum Gasteiger partial charge on any atom is 0.269 e. The predicted molar refractivity (Wildman–Crippen MR) is 102 cm³/mol. The van der Waals surface area contributed by atoms with E-state index < -0.39 is 22.7 Å². The third-order valence-corrected chi connectivity index (χ3v) is 4.50. The highest BCUT2D eigenvalue weighted by molar-refractivity contribution is 6.34. The first-order valence-electron chi connectivity index (χ1n) is 8.62. The van der Waals surface area contributed by atoms with E-state index >= 15 is 0 Å². The second kappa shape index (κ2) is 7.13. The number of hydrogen-bond donors (Lipinski definition) is 0. The van der Waals surface area contributed by atoms with Crippen molar-refractivity contribution in [1.29, 1.82) is 0 Å². The summed E-state index contributed by atoms with van der Waals surface area (Å²) < 4.78 is 5.63. The first kappa shape index (κ1) is 18.8. The number of carbonyl (C=O) groups is 3. The second-order valence-electron chi connectivity index (χ2n) is 6.34. The van der Waals surface area contributed by atoms with Gasteiger partial charge < -0.3 is 14.6 Å². The van der Waals surface area contributed by atoms with Crippen molar-refractivity contribution in [2.75, 3.05) is 4.90 Å². The van der Waals surface area contributed by atoms with Gasteiger partial charge >= 0.3 is 0 Å². The lowest BCUT2D eigenvalue weighted by Crippen LogP contribution is -2.29. The number of carboxylic acids is 1. The van der Waals surface area contributed by atoms with Gasteiger partial charge in [0.25, 0.3) is 17.5 Å². The van der Waals surface area contributed by atoms with Crippen LogP contribution in [0.25, 0.3) is 0 Å². The van der Waals surface area contributed by atoms with Crippen molar-refractivity contribution < 1.29 is 29.2 Å². The maximum atomic E-state index is 12.8. The van der Waals surface area contributed by atoms with Crippen molar-refractivity contribution >= 4 is 29.2 Å². The molecular weight excluding hydrogens is 392 g/mol. The largest absolute Gasteiger partial charge is 0.545 e. The Morgan fingerprint density at radius 2 is 1.43 bits per heavy atom. The number of amides is 2. The molecule has 148 valence electrons. The summed E-state index contributed by atoms with van der Waals surface area (Å²) in [5.41, 5.74) is 0.374. The minimum Gasteiger partial charge on any atom is -0.545 e. The first-order chi connectivity index (χ1) is 14.3. The number of aromatic carboxylic acids is 1. The highest BCUT2D eigenvalue weighted by Gasteiger charge is 2.37. The molecule has 0 fully saturated rings. The van der Waals surface area contributed by atoms with E-state index in [0.717, 1.165) is 4.90 Å². The highest BCUT2D eigenvalue weighted by atomic mass is 16.6. The smallest absolute Gasteiger partial charge is 0.269 e. The normalized spacial score (nSPS) is 12.6. The van der Waals surface area contributed by atoms with Gasteiger partial charge in [-0.15, -0.1) is 0 Å². The van der Waals surface area contributed by atoms with Gasteiger partial charge in [-0.25, -0.2) is 4.90 Å². The van der Waals surface area contributed by atoms with Crippen molar-refractivity contribution in [2.45, 2.75) is 0 Å². The lowest BCUT2D eigenvalue weighted by atomic mass is 10.1. The molecule has 9 nitrogen and oxygen atoms in total. The van der Waals surface area contributed by atoms with E-state index in [-0.39, 0.29) is 33.8 Å². The summed E-state index contributed by atoms with van der Waals surface area (Å²) in [6.07, 6.45) is 0. The third kappa shape index (κ3) is 3.24. The molecule has 0 spiro atoms. The quantitative estimate of drug-likeness (QED) is 0.363. The van der Waals surface area contributed by atoms with Crippen molar-refractivity contribution in [2.24, 2.45) is 0 Å². The van der Waals surface area contributed by atoms with E-state index in [0.29, 0.717) is 5.75 Å². The van der Waals surface area contributed by atoms with Gasteiger partial charge in [0.15, 0.2) is 0 Å². The molecule has 1 aliphatic heterocycles. The number of carboxylic acid groups (broad SMARTS) is 1. The Labute approximate surface area is 168 Å². The molecule has 0 bridgehead atoms. The highest BCUT2D eigenvalue weighted by Crippen LogP contribution is 2.32. The van der Waals surface area contributed by atoms with Gasteiger partial charge in [0, 0.05) is 12.1 Å². The number of fused-ring (bicyclic) bond motifs is 1. The van der Waals surface area contributed by atoms with E-state index in [1.54, 1.807) is 0 Å². The minimum atomic E-state index is -1.36. The number of non-ortho nitro benzene ring substituents is 1. The van der Waals surface area contributed by atoms with Crippen LogP contribution < -0.4 is 14.7 Å². The number of hydrogen-bond acceptors (Lipinski definition) is 7. The molecular formula is C21H11N2O7-. The number of imide groups is 1. The summed E-state index contributed by atoms with van der Waals surface area (Å²) in [7, 11) is 0. The molecule has 4 rings (SSSR count). The van der Waals surface area contributed by atoms with Crippen LogP contribution in [-0.4, -0.2) is 22.7 Å². The zero-order valence-corrected chi connectivity index (χ0v) is 15.1. The van der Waals surface area contributed by atoms with E-state index in [1.807, 2.05) is 0 Å². The van der Waals surface area contributed by atoms with Crippen LogP contribution in [0.2, 0.25) is 0 Å². The summed E-state index contributed by atoms with van der Waals surface area (Å²) >= 11 is 0. The molecule has 0 unspecified atom stereocenters. The van der Waals surface area contributed by atoms with Crippen molar-refractivity contribution in [3.63, 3.8) is 0 Å². The number of nitro benzene ring substituents is 1. The number of nitro groups is 1. The summed E-state index contributed by atoms with van der Waals surface area (Å²) in [4.78, 5) is 47.5. The van der Waals surface area contributed by atoms with Crippen molar-refractivity contribution in [3.05, 3.63) is 93.5 Å². The molecule has 0 saturated carbocycles. The molecule has 0 aromatic heterocycles. The predicted octanol–water partition coefficient (Wildman–Crippen LogP) is 2.55. The molecule has 0 aliphatic carbocycles. The molecule has 2 amide bonds. The van der Waals surface area contributed by atoms with Crippen LogP contribution in [-0.2, 0) is 0 Å². The number of rotatable bonds is 5. The molecule has 0 N–H and O–H groups in total. The van der Waals surface area contributed by atoms with Crippen LogP contribution in [0.3, 0.4) is 0 Å². The zero-order chi connectivity index (χ0) is 21.4. The van der Waals surface area contributed by atoms with Crippen LogP contribution in [0.5, 0.6) is 11.5 Å².